The van der Waals surface area contributed by atoms with Gasteiger partial charge in [0.25, 0.3) is 0 Å². The molecule has 1 fully saturated rings. The van der Waals surface area contributed by atoms with Crippen molar-refractivity contribution in [2.45, 2.75) is 38.8 Å². The van der Waals surface area contributed by atoms with Gasteiger partial charge in [-0.2, -0.15) is 0 Å². The van der Waals surface area contributed by atoms with Gasteiger partial charge in [0.05, 0.1) is 6.54 Å². The van der Waals surface area contributed by atoms with Crippen molar-refractivity contribution in [3.05, 3.63) is 34.9 Å². The summed E-state index contributed by atoms with van der Waals surface area (Å²) in [5.41, 5.74) is 1.03. The first-order valence-corrected chi connectivity index (χ1v) is 7.28. The van der Waals surface area contributed by atoms with Gasteiger partial charge in [0.1, 0.15) is 0 Å². The highest BCUT2D eigenvalue weighted by molar-refractivity contribution is 6.31. The fourth-order valence-corrected chi connectivity index (χ4v) is 2.60. The molecule has 0 aliphatic heterocycles. The first-order chi connectivity index (χ1) is 9.13. The van der Waals surface area contributed by atoms with E-state index in [1.807, 2.05) is 43.0 Å². The molecule has 4 heteroatoms. The average molecular weight is 281 g/mol. The van der Waals surface area contributed by atoms with E-state index in [4.69, 9.17) is 11.6 Å². The second-order valence-corrected chi connectivity index (χ2v) is 5.44. The summed E-state index contributed by atoms with van der Waals surface area (Å²) in [7, 11) is 0. The lowest BCUT2D eigenvalue weighted by Crippen LogP contribution is -2.40. The second kappa shape index (κ2) is 6.40. The Balaban J connectivity index is 1.88. The van der Waals surface area contributed by atoms with Crippen molar-refractivity contribution in [3.63, 3.8) is 0 Å². The van der Waals surface area contributed by atoms with Crippen LogP contribution in [0.1, 0.15) is 38.3 Å². The molecule has 104 valence electrons. The second-order valence-electron chi connectivity index (χ2n) is 5.04. The van der Waals surface area contributed by atoms with Crippen molar-refractivity contribution in [1.82, 2.24) is 10.2 Å². The SMILES string of the molecule is CCN(C(=O)CN[C@@H](C)c1ccccc1Cl)C1CC1. The van der Waals surface area contributed by atoms with Gasteiger partial charge >= 0.3 is 0 Å². The first kappa shape index (κ1) is 14.4. The fourth-order valence-electron chi connectivity index (χ4n) is 2.30. The van der Waals surface area contributed by atoms with Crippen molar-refractivity contribution in [2.24, 2.45) is 0 Å². The van der Waals surface area contributed by atoms with Crippen molar-refractivity contribution in [3.8, 4) is 0 Å². The van der Waals surface area contributed by atoms with E-state index in [0.29, 0.717) is 12.6 Å². The van der Waals surface area contributed by atoms with Crippen molar-refractivity contribution < 1.29 is 4.79 Å². The van der Waals surface area contributed by atoms with Gasteiger partial charge in [-0.1, -0.05) is 29.8 Å². The number of carbonyl (C=O) groups is 1. The quantitative estimate of drug-likeness (QED) is 0.869. The van der Waals surface area contributed by atoms with Crippen LogP contribution in [-0.4, -0.2) is 29.9 Å². The fraction of sp³-hybridized carbons (Fsp3) is 0.533. The number of carbonyl (C=O) groups excluding carboxylic acids is 1. The molecule has 1 amide bonds. The molecule has 2 rings (SSSR count). The highest BCUT2D eigenvalue weighted by atomic mass is 35.5. The molecule has 0 heterocycles. The van der Waals surface area contributed by atoms with Gasteiger partial charge < -0.3 is 10.2 Å². The number of halogens is 1. The topological polar surface area (TPSA) is 32.3 Å². The Morgan fingerprint density at radius 2 is 2.16 bits per heavy atom. The molecule has 0 radical (unpaired) electrons. The van der Waals surface area contributed by atoms with Crippen molar-refractivity contribution in [1.29, 1.82) is 0 Å². The molecule has 1 aromatic rings. The minimum atomic E-state index is 0.0792. The average Bonchev–Trinajstić information content (AvgIpc) is 3.22. The molecule has 0 bridgehead atoms. The maximum Gasteiger partial charge on any atom is 0.236 e. The van der Waals surface area contributed by atoms with Crippen LogP contribution < -0.4 is 5.32 Å². The van der Waals surface area contributed by atoms with E-state index >= 15 is 0 Å². The van der Waals surface area contributed by atoms with Crippen LogP contribution in [0.4, 0.5) is 0 Å². The lowest BCUT2D eigenvalue weighted by atomic mass is 10.1. The van der Waals surface area contributed by atoms with Crippen LogP contribution in [0.25, 0.3) is 0 Å². The zero-order chi connectivity index (χ0) is 13.8. The summed E-state index contributed by atoms with van der Waals surface area (Å²) >= 11 is 6.15. The van der Waals surface area contributed by atoms with Crippen LogP contribution >= 0.6 is 11.6 Å². The zero-order valence-corrected chi connectivity index (χ0v) is 12.3. The molecule has 1 aliphatic rings. The molecule has 3 nitrogen and oxygen atoms in total. The molecule has 1 aromatic carbocycles. The highest BCUT2D eigenvalue weighted by Gasteiger charge is 2.31. The first-order valence-electron chi connectivity index (χ1n) is 6.90. The molecule has 1 saturated carbocycles. The Morgan fingerprint density at radius 3 is 2.74 bits per heavy atom. The van der Waals surface area contributed by atoms with Crippen molar-refractivity contribution >= 4 is 17.5 Å². The third-order valence-electron chi connectivity index (χ3n) is 3.58. The summed E-state index contributed by atoms with van der Waals surface area (Å²) in [5, 5.41) is 4.00. The van der Waals surface area contributed by atoms with E-state index in [9.17, 15) is 4.79 Å². The van der Waals surface area contributed by atoms with E-state index in [2.05, 4.69) is 5.32 Å². The molecule has 0 aromatic heterocycles. The third kappa shape index (κ3) is 3.71. The lowest BCUT2D eigenvalue weighted by Gasteiger charge is -2.22. The summed E-state index contributed by atoms with van der Waals surface area (Å²) in [6.07, 6.45) is 2.30. The Kier molecular flexibility index (Phi) is 4.83. The number of nitrogens with one attached hydrogen (secondary N) is 1. The number of amides is 1. The van der Waals surface area contributed by atoms with Gasteiger partial charge in [-0.05, 0) is 38.3 Å². The minimum absolute atomic E-state index is 0.0792. The number of nitrogens with zero attached hydrogens (tertiary/aromatic N) is 1. The van der Waals surface area contributed by atoms with Gasteiger partial charge in [-0.3, -0.25) is 4.79 Å². The van der Waals surface area contributed by atoms with E-state index in [1.54, 1.807) is 0 Å². The van der Waals surface area contributed by atoms with Crippen LogP contribution in [-0.2, 0) is 4.79 Å². The smallest absolute Gasteiger partial charge is 0.236 e. The summed E-state index contributed by atoms with van der Waals surface area (Å²) in [6.45, 7) is 5.23. The number of benzene rings is 1. The van der Waals surface area contributed by atoms with Crippen LogP contribution in [0.5, 0.6) is 0 Å². The number of hydrogen-bond acceptors (Lipinski definition) is 2. The van der Waals surface area contributed by atoms with Crippen LogP contribution in [0.3, 0.4) is 0 Å². The Hall–Kier alpha value is -1.06. The monoisotopic (exact) mass is 280 g/mol. The molecule has 1 atom stereocenters. The molecule has 0 spiro atoms. The molecule has 0 saturated heterocycles. The number of likely N-dealkylation sites (N-methyl/N-ethyl adjacent to an activating group) is 1. The standard InChI is InChI=1S/C15H21ClN2O/c1-3-18(12-8-9-12)15(19)10-17-11(2)13-6-4-5-7-14(13)16/h4-7,11-12,17H,3,8-10H2,1-2H3/t11-/m0/s1. The predicted octanol–water partition coefficient (Wildman–Crippen LogP) is 3.00. The molecule has 0 unspecified atom stereocenters. The van der Waals surface area contributed by atoms with E-state index in [-0.39, 0.29) is 11.9 Å². The van der Waals surface area contributed by atoms with Crippen molar-refractivity contribution in [2.75, 3.05) is 13.1 Å². The van der Waals surface area contributed by atoms with Crippen LogP contribution in [0.15, 0.2) is 24.3 Å². The summed E-state index contributed by atoms with van der Waals surface area (Å²) in [6, 6.07) is 8.30. The molecule has 19 heavy (non-hydrogen) atoms. The Labute approximate surface area is 119 Å². The zero-order valence-electron chi connectivity index (χ0n) is 11.5. The van der Waals surface area contributed by atoms with Gasteiger partial charge in [0.2, 0.25) is 5.91 Å². The number of hydrogen-bond donors (Lipinski definition) is 1. The predicted molar refractivity (Wildman–Crippen MR) is 78.3 cm³/mol. The van der Waals surface area contributed by atoms with Crippen LogP contribution in [0.2, 0.25) is 5.02 Å². The normalized spacial score (nSPS) is 16.2. The molecular weight excluding hydrogens is 260 g/mol. The maximum absolute atomic E-state index is 12.1. The largest absolute Gasteiger partial charge is 0.339 e. The van der Waals surface area contributed by atoms with Gasteiger partial charge in [0.15, 0.2) is 0 Å². The van der Waals surface area contributed by atoms with Gasteiger partial charge in [-0.15, -0.1) is 0 Å². The van der Waals surface area contributed by atoms with E-state index in [1.165, 1.54) is 0 Å². The van der Waals surface area contributed by atoms with Crippen LogP contribution in [0, 0.1) is 0 Å². The molecule has 1 aliphatic carbocycles. The Morgan fingerprint density at radius 1 is 1.47 bits per heavy atom. The molecule has 1 N–H and O–H groups in total. The highest BCUT2D eigenvalue weighted by Crippen LogP contribution is 2.26. The Bertz CT molecular complexity index is 446. The summed E-state index contributed by atoms with van der Waals surface area (Å²) < 4.78 is 0. The summed E-state index contributed by atoms with van der Waals surface area (Å²) in [4.78, 5) is 14.1. The van der Waals surface area contributed by atoms with Gasteiger partial charge in [0, 0.05) is 23.7 Å². The van der Waals surface area contributed by atoms with E-state index < -0.39 is 0 Å². The molecular formula is C15H21ClN2O. The minimum Gasteiger partial charge on any atom is -0.339 e. The summed E-state index contributed by atoms with van der Waals surface area (Å²) in [5.74, 6) is 0.184. The lowest BCUT2D eigenvalue weighted by molar-refractivity contribution is -0.130. The van der Waals surface area contributed by atoms with Gasteiger partial charge in [-0.25, -0.2) is 0 Å². The number of rotatable bonds is 6. The third-order valence-corrected chi connectivity index (χ3v) is 3.92. The maximum atomic E-state index is 12.1. The van der Waals surface area contributed by atoms with E-state index in [0.717, 1.165) is 30.0 Å².